The minimum Gasteiger partial charge on any atom is -0.312 e. The summed E-state index contributed by atoms with van der Waals surface area (Å²) in [5, 5.41) is 2.92. The maximum absolute atomic E-state index is 10.3. The first-order valence-electron chi connectivity index (χ1n) is 2.67. The average molecular weight is 152 g/mol. The van der Waals surface area contributed by atoms with E-state index in [1.807, 2.05) is 6.92 Å². The van der Waals surface area contributed by atoms with E-state index in [-0.39, 0.29) is 0 Å². The lowest BCUT2D eigenvalue weighted by molar-refractivity contribution is 0.269. The number of aryl methyl sites for hydroxylation is 1. The van der Waals surface area contributed by atoms with Gasteiger partial charge in [0.1, 0.15) is 0 Å². The molecule has 0 saturated heterocycles. The summed E-state index contributed by atoms with van der Waals surface area (Å²) in [7, 11) is 4.85. The fourth-order valence-electron chi connectivity index (χ4n) is 0.518. The lowest BCUT2D eigenvalue weighted by Crippen LogP contribution is -2.07. The number of hydrogen-bond donors (Lipinski definition) is 1. The Bertz CT molecular complexity index is 248. The monoisotopic (exact) mass is 152 g/mol. The van der Waals surface area contributed by atoms with Gasteiger partial charge in [0.2, 0.25) is 7.85 Å². The van der Waals surface area contributed by atoms with Crippen LogP contribution in [0, 0.1) is 6.92 Å². The Morgan fingerprint density at radius 3 is 3.00 bits per heavy atom. The predicted molar refractivity (Wildman–Crippen MR) is 41.6 cm³/mol. The van der Waals surface area contributed by atoms with Crippen LogP contribution >= 0.6 is 11.3 Å². The Kier molecular flexibility index (Phi) is 2.06. The Morgan fingerprint density at radius 2 is 2.60 bits per heavy atom. The van der Waals surface area contributed by atoms with Crippen molar-refractivity contribution in [2.24, 2.45) is 0 Å². The van der Waals surface area contributed by atoms with Gasteiger partial charge in [0.05, 0.1) is 0 Å². The predicted octanol–water partition coefficient (Wildman–Crippen LogP) is 1.15. The third-order valence-corrected chi connectivity index (χ3v) is 1.68. The summed E-state index contributed by atoms with van der Waals surface area (Å²) >= 11 is 1.39. The first kappa shape index (κ1) is 7.27. The van der Waals surface area contributed by atoms with Crippen LogP contribution in [-0.4, -0.2) is 18.6 Å². The fraction of sp³-hybridized carbons (Fsp3) is 0.200. The van der Waals surface area contributed by atoms with Crippen LogP contribution in [-0.2, 0) is 0 Å². The minimum atomic E-state index is -0.575. The van der Waals surface area contributed by atoms with Gasteiger partial charge in [-0.2, -0.15) is 0 Å². The summed E-state index contributed by atoms with van der Waals surface area (Å²) in [6.07, 6.45) is 1.68. The highest BCUT2D eigenvalue weighted by Gasteiger charge is 1.97. The molecule has 1 amide bonds. The maximum atomic E-state index is 10.3. The van der Waals surface area contributed by atoms with Gasteiger partial charge in [-0.05, 0) is 6.92 Å². The number of anilines is 1. The van der Waals surface area contributed by atoms with E-state index < -0.39 is 5.81 Å². The molecule has 0 spiro atoms. The van der Waals surface area contributed by atoms with Crippen LogP contribution in [0.4, 0.5) is 9.93 Å². The molecule has 3 nitrogen and oxygen atoms in total. The Balaban J connectivity index is 2.67. The van der Waals surface area contributed by atoms with Crippen molar-refractivity contribution in [3.8, 4) is 0 Å². The Hall–Kier alpha value is -0.835. The van der Waals surface area contributed by atoms with Crippen LogP contribution in [0.3, 0.4) is 0 Å². The normalized spacial score (nSPS) is 9.30. The zero-order chi connectivity index (χ0) is 7.56. The van der Waals surface area contributed by atoms with Gasteiger partial charge < -0.3 is 5.32 Å². The van der Waals surface area contributed by atoms with Crippen molar-refractivity contribution < 1.29 is 4.79 Å². The largest absolute Gasteiger partial charge is 0.312 e. The molecule has 0 unspecified atom stereocenters. The molecule has 1 heterocycles. The van der Waals surface area contributed by atoms with Crippen LogP contribution in [0.2, 0.25) is 0 Å². The number of amides is 1. The van der Waals surface area contributed by atoms with E-state index in [0.29, 0.717) is 5.13 Å². The van der Waals surface area contributed by atoms with Crippen LogP contribution < -0.4 is 5.32 Å². The van der Waals surface area contributed by atoms with Crippen molar-refractivity contribution in [3.05, 3.63) is 11.1 Å². The van der Waals surface area contributed by atoms with Crippen molar-refractivity contribution in [1.82, 2.24) is 4.98 Å². The molecule has 0 bridgehead atoms. The molecule has 0 aliphatic rings. The van der Waals surface area contributed by atoms with Crippen molar-refractivity contribution in [1.29, 1.82) is 0 Å². The van der Waals surface area contributed by atoms with Crippen LogP contribution in [0.15, 0.2) is 6.20 Å². The molecule has 1 rings (SSSR count). The summed E-state index contributed by atoms with van der Waals surface area (Å²) < 4.78 is 0. The highest BCUT2D eigenvalue weighted by molar-refractivity contribution is 7.15. The Morgan fingerprint density at radius 1 is 1.90 bits per heavy atom. The van der Waals surface area contributed by atoms with Crippen molar-refractivity contribution in [2.45, 2.75) is 6.92 Å². The van der Waals surface area contributed by atoms with Crippen molar-refractivity contribution >= 4 is 30.1 Å². The number of rotatable bonds is 1. The smallest absolute Gasteiger partial charge is 0.201 e. The first-order chi connectivity index (χ1) is 4.68. The topological polar surface area (TPSA) is 42.0 Å². The molecule has 0 aromatic carbocycles. The molecule has 2 radical (unpaired) electrons. The molecule has 1 N–H and O–H groups in total. The molecule has 10 heavy (non-hydrogen) atoms. The number of hydrogen-bond acceptors (Lipinski definition) is 3. The van der Waals surface area contributed by atoms with Gasteiger partial charge in [-0.15, -0.1) is 11.3 Å². The van der Waals surface area contributed by atoms with E-state index in [2.05, 4.69) is 10.3 Å². The van der Waals surface area contributed by atoms with Crippen molar-refractivity contribution in [3.63, 3.8) is 0 Å². The third kappa shape index (κ3) is 1.84. The summed E-state index contributed by atoms with van der Waals surface area (Å²) in [6, 6.07) is 0. The number of carbonyl (C=O) groups excluding carboxylic acids is 1. The van der Waals surface area contributed by atoms with Gasteiger partial charge in [0, 0.05) is 11.1 Å². The lowest BCUT2D eigenvalue weighted by atomic mass is 10.1. The quantitative estimate of drug-likeness (QED) is 0.613. The molecule has 5 heteroatoms. The highest BCUT2D eigenvalue weighted by atomic mass is 32.1. The molecule has 50 valence electrons. The van der Waals surface area contributed by atoms with Crippen LogP contribution in [0.1, 0.15) is 4.88 Å². The molecule has 1 aromatic rings. The number of thiazole rings is 1. The zero-order valence-electron chi connectivity index (χ0n) is 5.42. The molecule has 0 atom stereocenters. The second-order valence-corrected chi connectivity index (χ2v) is 3.00. The molecular weight excluding hydrogens is 147 g/mol. The second kappa shape index (κ2) is 2.83. The summed E-state index contributed by atoms with van der Waals surface area (Å²) in [5.74, 6) is -0.575. The second-order valence-electron chi connectivity index (χ2n) is 1.77. The van der Waals surface area contributed by atoms with Crippen LogP contribution in [0.5, 0.6) is 0 Å². The van der Waals surface area contributed by atoms with E-state index in [9.17, 15) is 4.79 Å². The first-order valence-corrected chi connectivity index (χ1v) is 3.49. The molecular formula is C5H5BN2OS. The molecule has 0 aliphatic heterocycles. The number of nitrogens with one attached hydrogen (secondary N) is 1. The highest BCUT2D eigenvalue weighted by Crippen LogP contribution is 2.15. The van der Waals surface area contributed by atoms with Gasteiger partial charge in [-0.3, -0.25) is 4.79 Å². The lowest BCUT2D eigenvalue weighted by Gasteiger charge is -1.91. The van der Waals surface area contributed by atoms with E-state index in [1.54, 1.807) is 6.20 Å². The number of aromatic nitrogens is 1. The number of nitrogens with zero attached hydrogens (tertiary/aromatic N) is 1. The molecule has 0 fully saturated rings. The van der Waals surface area contributed by atoms with E-state index >= 15 is 0 Å². The summed E-state index contributed by atoms with van der Waals surface area (Å²) in [5.41, 5.74) is 0. The van der Waals surface area contributed by atoms with Crippen molar-refractivity contribution in [2.75, 3.05) is 5.32 Å². The van der Waals surface area contributed by atoms with Gasteiger partial charge in [-0.1, -0.05) is 0 Å². The molecule has 0 aliphatic carbocycles. The SMILES string of the molecule is [B]C(=O)Nc1ncc(C)s1. The molecule has 0 saturated carbocycles. The van der Waals surface area contributed by atoms with E-state index in [4.69, 9.17) is 7.85 Å². The maximum Gasteiger partial charge on any atom is 0.201 e. The minimum absolute atomic E-state index is 0.546. The zero-order valence-corrected chi connectivity index (χ0v) is 6.23. The molecule has 1 aromatic heterocycles. The summed E-state index contributed by atoms with van der Waals surface area (Å²) in [4.78, 5) is 15.2. The van der Waals surface area contributed by atoms with E-state index in [0.717, 1.165) is 4.88 Å². The van der Waals surface area contributed by atoms with E-state index in [1.165, 1.54) is 11.3 Å². The van der Waals surface area contributed by atoms with Gasteiger partial charge in [0.25, 0.3) is 0 Å². The fourth-order valence-corrected chi connectivity index (χ4v) is 1.19. The third-order valence-electron chi connectivity index (χ3n) is 0.851. The Labute approximate surface area is 63.9 Å². The van der Waals surface area contributed by atoms with Gasteiger partial charge in [-0.25, -0.2) is 4.98 Å². The number of carbonyl (C=O) groups is 1. The average Bonchev–Trinajstić information content (AvgIpc) is 2.13. The summed E-state index contributed by atoms with van der Waals surface area (Å²) in [6.45, 7) is 1.91. The van der Waals surface area contributed by atoms with Gasteiger partial charge in [0.15, 0.2) is 10.9 Å². The van der Waals surface area contributed by atoms with Gasteiger partial charge >= 0.3 is 0 Å². The van der Waals surface area contributed by atoms with Crippen LogP contribution in [0.25, 0.3) is 0 Å². The standard InChI is InChI=1S/C5H5BN2OS/c1-3-2-7-5(10-3)8-4(6)9/h2H,1H3,(H,7,8,9).